The quantitative estimate of drug-likeness (QED) is 0.417. The highest BCUT2D eigenvalue weighted by atomic mass is 35.5. The third-order valence-electron chi connectivity index (χ3n) is 7.71. The van der Waals surface area contributed by atoms with Gasteiger partial charge < -0.3 is 16.0 Å². The van der Waals surface area contributed by atoms with Crippen LogP contribution in [0.4, 0.5) is 0 Å². The maximum atomic E-state index is 13.4. The van der Waals surface area contributed by atoms with E-state index in [1.165, 1.54) is 67.4 Å². The van der Waals surface area contributed by atoms with E-state index in [0.717, 1.165) is 35.7 Å². The Balaban J connectivity index is 1.27. The minimum atomic E-state index is -4.17. The van der Waals surface area contributed by atoms with Crippen molar-refractivity contribution in [3.63, 3.8) is 0 Å². The maximum absolute atomic E-state index is 13.4. The Labute approximate surface area is 239 Å². The summed E-state index contributed by atoms with van der Waals surface area (Å²) in [5, 5.41) is 9.50. The summed E-state index contributed by atoms with van der Waals surface area (Å²) in [5.41, 5.74) is 3.54. The zero-order valence-electron chi connectivity index (χ0n) is 21.5. The maximum Gasteiger partial charge on any atom is 0.264 e. The monoisotopic (exact) mass is 590 g/mol. The topological polar surface area (TPSA) is 108 Å². The highest BCUT2D eigenvalue weighted by Crippen LogP contribution is 2.32. The standard InChI is InChI=1S/C28H32Cl2N4O4S/c29-23-11-9-21(15-24(23)30)39(37,38)34-13-12-31-28(36)26(34)16-27(35)33-25-7-3-4-19-14-18(8-10-22(19)25)17-32-20-5-1-2-6-20/h8-15,20,25-26,32H,1-7,16-17H2,(H,31,36)(H,33,35)/t25-,26-/m1/s1. The van der Waals surface area contributed by atoms with Gasteiger partial charge in [-0.05, 0) is 67.0 Å². The highest BCUT2D eigenvalue weighted by molar-refractivity contribution is 7.89. The number of aryl methyl sites for hydroxylation is 1. The van der Waals surface area contributed by atoms with Gasteiger partial charge in [0.1, 0.15) is 6.04 Å². The first-order chi connectivity index (χ1) is 18.7. The number of amides is 2. The largest absolute Gasteiger partial charge is 0.349 e. The molecule has 0 spiro atoms. The number of carbonyl (C=O) groups excluding carboxylic acids is 2. The van der Waals surface area contributed by atoms with Gasteiger partial charge in [0, 0.05) is 25.0 Å². The zero-order valence-corrected chi connectivity index (χ0v) is 23.8. The molecule has 2 aromatic carbocycles. The molecule has 1 saturated carbocycles. The third-order valence-corrected chi connectivity index (χ3v) is 10.2. The number of hydrogen-bond acceptors (Lipinski definition) is 5. The summed E-state index contributed by atoms with van der Waals surface area (Å²) >= 11 is 12.0. The van der Waals surface area contributed by atoms with Crippen molar-refractivity contribution in [3.8, 4) is 0 Å². The molecule has 5 rings (SSSR count). The molecule has 39 heavy (non-hydrogen) atoms. The van der Waals surface area contributed by atoms with Crippen LogP contribution < -0.4 is 16.0 Å². The number of nitrogens with zero attached hydrogens (tertiary/aromatic N) is 1. The van der Waals surface area contributed by atoms with E-state index in [1.807, 2.05) is 0 Å². The SMILES string of the molecule is O=C(C[C@@H]1C(=O)NC=CN1S(=O)(=O)c1ccc(Cl)c(Cl)c1)N[C@@H]1CCCc2cc(CNC3CCCC3)ccc21. The van der Waals surface area contributed by atoms with Crippen LogP contribution in [0, 0.1) is 0 Å². The van der Waals surface area contributed by atoms with Gasteiger partial charge in [0.05, 0.1) is 27.4 Å². The molecular formula is C28H32Cl2N4O4S. The van der Waals surface area contributed by atoms with E-state index in [1.54, 1.807) is 0 Å². The van der Waals surface area contributed by atoms with Gasteiger partial charge in [-0.2, -0.15) is 0 Å². The molecule has 208 valence electrons. The minimum Gasteiger partial charge on any atom is -0.349 e. The molecule has 0 aromatic heterocycles. The van der Waals surface area contributed by atoms with Crippen LogP contribution in [0.2, 0.25) is 10.0 Å². The van der Waals surface area contributed by atoms with Gasteiger partial charge in [-0.3, -0.25) is 13.9 Å². The van der Waals surface area contributed by atoms with E-state index >= 15 is 0 Å². The van der Waals surface area contributed by atoms with Crippen LogP contribution in [0.5, 0.6) is 0 Å². The van der Waals surface area contributed by atoms with Crippen LogP contribution in [0.1, 0.15) is 67.7 Å². The number of sulfonamides is 1. The lowest BCUT2D eigenvalue weighted by Gasteiger charge is -2.32. The molecule has 2 aromatic rings. The van der Waals surface area contributed by atoms with Gasteiger partial charge >= 0.3 is 0 Å². The smallest absolute Gasteiger partial charge is 0.264 e. The number of carbonyl (C=O) groups is 2. The van der Waals surface area contributed by atoms with E-state index in [9.17, 15) is 18.0 Å². The van der Waals surface area contributed by atoms with Crippen LogP contribution in [0.15, 0.2) is 53.7 Å². The summed E-state index contributed by atoms with van der Waals surface area (Å²) in [6.45, 7) is 0.836. The first kappa shape index (κ1) is 28.0. The Morgan fingerprint density at radius 1 is 1.03 bits per heavy atom. The van der Waals surface area contributed by atoms with Crippen molar-refractivity contribution in [2.45, 2.75) is 80.9 Å². The number of fused-ring (bicyclic) bond motifs is 1. The predicted octanol–water partition coefficient (Wildman–Crippen LogP) is 4.57. The molecule has 2 amide bonds. The Morgan fingerprint density at radius 3 is 2.59 bits per heavy atom. The molecule has 0 unspecified atom stereocenters. The second kappa shape index (κ2) is 11.9. The van der Waals surface area contributed by atoms with Gasteiger partial charge in [0.15, 0.2) is 0 Å². The summed E-state index contributed by atoms with van der Waals surface area (Å²) in [5.74, 6) is -0.982. The Hall–Kier alpha value is -2.59. The van der Waals surface area contributed by atoms with Crippen LogP contribution in [-0.4, -0.2) is 36.6 Å². The fourth-order valence-electron chi connectivity index (χ4n) is 5.65. The summed E-state index contributed by atoms with van der Waals surface area (Å²) < 4.78 is 27.6. The molecule has 1 heterocycles. The minimum absolute atomic E-state index is 0.0749. The van der Waals surface area contributed by atoms with Crippen LogP contribution in [0.25, 0.3) is 0 Å². The van der Waals surface area contributed by atoms with E-state index in [4.69, 9.17) is 23.2 Å². The van der Waals surface area contributed by atoms with Crippen molar-refractivity contribution >= 4 is 45.0 Å². The first-order valence-corrected chi connectivity index (χ1v) is 15.5. The molecule has 1 aliphatic heterocycles. The van der Waals surface area contributed by atoms with Gasteiger partial charge in [0.2, 0.25) is 11.8 Å². The van der Waals surface area contributed by atoms with Crippen molar-refractivity contribution in [1.29, 1.82) is 0 Å². The number of hydrogen-bond donors (Lipinski definition) is 3. The fraction of sp³-hybridized carbons (Fsp3) is 0.429. The molecule has 0 bridgehead atoms. The summed E-state index contributed by atoms with van der Waals surface area (Å²) in [7, 11) is -4.17. The normalized spacial score (nSPS) is 21.5. The summed E-state index contributed by atoms with van der Waals surface area (Å²) in [6, 6.07) is 9.49. The molecule has 0 saturated heterocycles. The van der Waals surface area contributed by atoms with Crippen molar-refractivity contribution in [2.75, 3.05) is 0 Å². The molecule has 3 N–H and O–H groups in total. The zero-order chi connectivity index (χ0) is 27.6. The fourth-order valence-corrected chi connectivity index (χ4v) is 7.49. The highest BCUT2D eigenvalue weighted by Gasteiger charge is 2.37. The number of rotatable bonds is 8. The average Bonchev–Trinajstić information content (AvgIpc) is 3.44. The van der Waals surface area contributed by atoms with Crippen LogP contribution in [0.3, 0.4) is 0 Å². The lowest BCUT2D eigenvalue weighted by molar-refractivity contribution is -0.129. The lowest BCUT2D eigenvalue weighted by atomic mass is 9.86. The Kier molecular flexibility index (Phi) is 8.52. The third kappa shape index (κ3) is 6.27. The molecule has 3 aliphatic rings. The number of halogens is 2. The average molecular weight is 592 g/mol. The molecule has 2 aliphatic carbocycles. The predicted molar refractivity (Wildman–Crippen MR) is 151 cm³/mol. The van der Waals surface area contributed by atoms with Crippen LogP contribution >= 0.6 is 23.2 Å². The van der Waals surface area contributed by atoms with Crippen molar-refractivity contribution in [1.82, 2.24) is 20.3 Å². The van der Waals surface area contributed by atoms with E-state index < -0.39 is 27.9 Å². The molecule has 11 heteroatoms. The van der Waals surface area contributed by atoms with E-state index in [0.29, 0.717) is 6.04 Å². The Morgan fingerprint density at radius 2 is 1.82 bits per heavy atom. The van der Waals surface area contributed by atoms with E-state index in [2.05, 4.69) is 34.1 Å². The first-order valence-electron chi connectivity index (χ1n) is 13.3. The second-order valence-electron chi connectivity index (χ2n) is 10.4. The number of nitrogens with one attached hydrogen (secondary N) is 3. The second-order valence-corrected chi connectivity index (χ2v) is 13.0. The molecule has 0 radical (unpaired) electrons. The summed E-state index contributed by atoms with van der Waals surface area (Å²) in [6.07, 6.45) is 9.87. The molecule has 1 fully saturated rings. The Bertz CT molecular complexity index is 1390. The van der Waals surface area contributed by atoms with E-state index in [-0.39, 0.29) is 27.4 Å². The van der Waals surface area contributed by atoms with Gasteiger partial charge in [-0.15, -0.1) is 0 Å². The number of benzene rings is 2. The van der Waals surface area contributed by atoms with Crippen molar-refractivity contribution in [3.05, 3.63) is 75.5 Å². The molecule has 2 atom stereocenters. The van der Waals surface area contributed by atoms with Crippen molar-refractivity contribution in [2.24, 2.45) is 0 Å². The molecular weight excluding hydrogens is 559 g/mol. The van der Waals surface area contributed by atoms with Crippen molar-refractivity contribution < 1.29 is 18.0 Å². The van der Waals surface area contributed by atoms with Gasteiger partial charge in [-0.25, -0.2) is 8.42 Å². The van der Waals surface area contributed by atoms with Crippen LogP contribution in [-0.2, 0) is 32.6 Å². The van der Waals surface area contributed by atoms with Gasteiger partial charge in [-0.1, -0.05) is 54.2 Å². The lowest BCUT2D eigenvalue weighted by Crippen LogP contribution is -2.51. The molecule has 8 nitrogen and oxygen atoms in total. The summed E-state index contributed by atoms with van der Waals surface area (Å²) in [4.78, 5) is 25.8. The van der Waals surface area contributed by atoms with Gasteiger partial charge in [0.25, 0.3) is 10.0 Å².